The number of nitrogens with one attached hydrogen (secondary N) is 3. The Kier molecular flexibility index (Phi) is 16.1. The van der Waals surface area contributed by atoms with Gasteiger partial charge in [-0.2, -0.15) is 0 Å². The van der Waals surface area contributed by atoms with E-state index in [0.717, 1.165) is 11.1 Å². The van der Waals surface area contributed by atoms with Gasteiger partial charge in [-0.15, -0.1) is 0 Å². The van der Waals surface area contributed by atoms with Crippen LogP contribution in [0.5, 0.6) is 0 Å². The lowest BCUT2D eigenvalue weighted by molar-refractivity contribution is -0.136. The number of hydrogen-bond acceptors (Lipinski definition) is 9. The van der Waals surface area contributed by atoms with E-state index in [1.54, 1.807) is 72.4 Å². The van der Waals surface area contributed by atoms with Gasteiger partial charge in [0.15, 0.2) is 0 Å². The van der Waals surface area contributed by atoms with Crippen molar-refractivity contribution in [2.24, 2.45) is 5.73 Å². The second kappa shape index (κ2) is 18.1. The predicted octanol–water partition coefficient (Wildman–Crippen LogP) is 2.36. The molecule has 0 radical (unpaired) electrons. The van der Waals surface area contributed by atoms with E-state index in [-0.39, 0.29) is 12.5 Å². The van der Waals surface area contributed by atoms with Gasteiger partial charge >= 0.3 is 18.2 Å². The molecule has 0 unspecified atom stereocenters. The first-order valence-corrected chi connectivity index (χ1v) is 12.0. The second-order valence-electron chi connectivity index (χ2n) is 9.81. The molecule has 0 spiro atoms. The monoisotopic (exact) mass is 548 g/mol. The lowest BCUT2D eigenvalue weighted by atomic mass is 10.2. The van der Waals surface area contributed by atoms with Crippen molar-refractivity contribution in [3.63, 3.8) is 0 Å². The van der Waals surface area contributed by atoms with Crippen molar-refractivity contribution >= 4 is 24.1 Å². The zero-order valence-electron chi connectivity index (χ0n) is 23.3. The molecule has 0 saturated heterocycles. The molecule has 0 aliphatic carbocycles. The number of carbonyl (C=O) groups is 4. The number of ether oxygens (including phenoxy) is 2. The molecule has 2 rings (SSSR count). The summed E-state index contributed by atoms with van der Waals surface area (Å²) in [7, 11) is 0. The second-order valence-corrected chi connectivity index (χ2v) is 9.81. The molecule has 2 aromatic rings. The first kappa shape index (κ1) is 34.7. The van der Waals surface area contributed by atoms with Crippen LogP contribution in [0.3, 0.4) is 0 Å². The molecule has 0 atom stereocenters. The maximum absolute atomic E-state index is 11.5. The van der Waals surface area contributed by atoms with Gasteiger partial charge in [-0.25, -0.2) is 9.59 Å². The van der Waals surface area contributed by atoms with Crippen molar-refractivity contribution in [1.29, 1.82) is 0 Å². The summed E-state index contributed by atoms with van der Waals surface area (Å²) in [5.41, 5.74) is 6.11. The molecule has 13 nitrogen and oxygen atoms in total. The number of carboxylic acid groups (broad SMARTS) is 1. The number of nitrogens with zero attached hydrogens (tertiary/aromatic N) is 2. The molecule has 2 aromatic heterocycles. The molecule has 0 aromatic carbocycles. The van der Waals surface area contributed by atoms with Crippen molar-refractivity contribution in [3.8, 4) is 0 Å². The summed E-state index contributed by atoms with van der Waals surface area (Å²) in [6.07, 6.45) is 5.50. The number of alkyl carbamates (subject to hydrolysis) is 2. The minimum atomic E-state index is -1.10. The van der Waals surface area contributed by atoms with Crippen molar-refractivity contribution in [2.75, 3.05) is 13.1 Å². The van der Waals surface area contributed by atoms with E-state index < -0.39 is 35.9 Å². The largest absolute Gasteiger partial charge is 0.480 e. The average molecular weight is 549 g/mol. The molecule has 39 heavy (non-hydrogen) atoms. The SMILES string of the molecule is CC(C)(C)OC(=O)NCC(=O)NCc1cccnc1.CC(C)(C)OC(=O)NCC(=O)O.NCc1cccnc1. The van der Waals surface area contributed by atoms with Crippen LogP contribution in [0.15, 0.2) is 49.1 Å². The maximum Gasteiger partial charge on any atom is 0.408 e. The Morgan fingerprint density at radius 1 is 0.795 bits per heavy atom. The molecule has 0 fully saturated rings. The van der Waals surface area contributed by atoms with Crippen molar-refractivity contribution in [2.45, 2.75) is 65.8 Å². The number of carboxylic acids is 1. The third-order valence-electron chi connectivity index (χ3n) is 3.75. The minimum Gasteiger partial charge on any atom is -0.480 e. The topological polar surface area (TPSA) is 195 Å². The fraction of sp³-hybridized carbons (Fsp3) is 0.462. The molecular formula is C26H40N6O7. The summed E-state index contributed by atoms with van der Waals surface area (Å²) >= 11 is 0. The Labute approximate surface area is 228 Å². The third kappa shape index (κ3) is 22.6. The fourth-order valence-electron chi connectivity index (χ4n) is 2.21. The van der Waals surface area contributed by atoms with Crippen molar-refractivity contribution in [1.82, 2.24) is 25.9 Å². The van der Waals surface area contributed by atoms with Crippen LogP contribution in [0.25, 0.3) is 0 Å². The summed E-state index contributed by atoms with van der Waals surface area (Å²) < 4.78 is 9.79. The molecule has 0 aliphatic heterocycles. The summed E-state index contributed by atoms with van der Waals surface area (Å²) in [6, 6.07) is 7.48. The number of nitrogens with two attached hydrogens (primary N) is 1. The Balaban J connectivity index is 0.000000614. The smallest absolute Gasteiger partial charge is 0.408 e. The average Bonchev–Trinajstić information content (AvgIpc) is 2.85. The molecule has 0 aliphatic rings. The Morgan fingerprint density at radius 3 is 1.62 bits per heavy atom. The Hall–Kier alpha value is -4.26. The maximum atomic E-state index is 11.5. The van der Waals surface area contributed by atoms with Crippen LogP contribution >= 0.6 is 0 Å². The van der Waals surface area contributed by atoms with Crippen LogP contribution in [0.1, 0.15) is 52.7 Å². The van der Waals surface area contributed by atoms with E-state index in [0.29, 0.717) is 13.1 Å². The zero-order valence-corrected chi connectivity index (χ0v) is 23.3. The quantitative estimate of drug-likeness (QED) is 0.343. The number of hydrogen-bond donors (Lipinski definition) is 5. The van der Waals surface area contributed by atoms with Gasteiger partial charge in [0, 0.05) is 37.9 Å². The standard InChI is InChI=1S/C13H19N3O3.C7H13NO4.C6H8N2/c1-13(2,3)19-12(18)16-9-11(17)15-8-10-5-4-6-14-7-10;1-7(2,3)12-6(11)8-4-5(9)10;7-4-6-2-1-3-8-5-6/h4-7H,8-9H2,1-3H3,(H,15,17)(H,16,18);4H2,1-3H3,(H,8,11)(H,9,10);1-3,5H,4,7H2. The summed E-state index contributed by atoms with van der Waals surface area (Å²) in [5.74, 6) is -1.38. The highest BCUT2D eigenvalue weighted by Crippen LogP contribution is 2.06. The third-order valence-corrected chi connectivity index (χ3v) is 3.75. The van der Waals surface area contributed by atoms with Gasteiger partial charge in [0.05, 0.1) is 0 Å². The molecule has 216 valence electrons. The van der Waals surface area contributed by atoms with Crippen molar-refractivity contribution < 1.29 is 33.8 Å². The first-order valence-electron chi connectivity index (χ1n) is 12.0. The van der Waals surface area contributed by atoms with E-state index in [9.17, 15) is 19.2 Å². The molecule has 2 heterocycles. The van der Waals surface area contributed by atoms with Gasteiger partial charge in [0.25, 0.3) is 0 Å². The highest BCUT2D eigenvalue weighted by Gasteiger charge is 2.17. The van der Waals surface area contributed by atoms with E-state index in [1.165, 1.54) is 0 Å². The van der Waals surface area contributed by atoms with Crippen LogP contribution in [-0.4, -0.2) is 63.4 Å². The lowest BCUT2D eigenvalue weighted by Gasteiger charge is -2.19. The summed E-state index contributed by atoms with van der Waals surface area (Å²) in [6.45, 7) is 10.8. The molecule has 6 N–H and O–H groups in total. The van der Waals surface area contributed by atoms with Gasteiger partial charge in [-0.3, -0.25) is 19.6 Å². The van der Waals surface area contributed by atoms with E-state index >= 15 is 0 Å². The lowest BCUT2D eigenvalue weighted by Crippen LogP contribution is -2.39. The molecule has 0 bridgehead atoms. The fourth-order valence-corrected chi connectivity index (χ4v) is 2.21. The molecule has 13 heteroatoms. The zero-order chi connectivity index (χ0) is 29.9. The van der Waals surface area contributed by atoms with Crippen LogP contribution in [0, 0.1) is 0 Å². The first-order chi connectivity index (χ1) is 18.1. The number of aromatic nitrogens is 2. The van der Waals surface area contributed by atoms with Gasteiger partial charge in [0.2, 0.25) is 5.91 Å². The molecular weight excluding hydrogens is 508 g/mol. The number of rotatable bonds is 7. The summed E-state index contributed by atoms with van der Waals surface area (Å²) in [4.78, 5) is 51.4. The predicted molar refractivity (Wildman–Crippen MR) is 144 cm³/mol. The number of aliphatic carboxylic acids is 1. The normalized spacial score (nSPS) is 10.3. The van der Waals surface area contributed by atoms with Gasteiger partial charge in [0.1, 0.15) is 24.3 Å². The van der Waals surface area contributed by atoms with E-state index in [1.807, 2.05) is 18.2 Å². The van der Waals surface area contributed by atoms with Gasteiger partial charge in [-0.05, 0) is 64.8 Å². The van der Waals surface area contributed by atoms with Crippen LogP contribution in [0.4, 0.5) is 9.59 Å². The van der Waals surface area contributed by atoms with E-state index in [2.05, 4.69) is 25.9 Å². The van der Waals surface area contributed by atoms with Gasteiger partial charge in [-0.1, -0.05) is 12.1 Å². The Morgan fingerprint density at radius 2 is 1.26 bits per heavy atom. The number of amides is 3. The van der Waals surface area contributed by atoms with Crippen molar-refractivity contribution in [3.05, 3.63) is 60.2 Å². The Bertz CT molecular complexity index is 1010. The highest BCUT2D eigenvalue weighted by atomic mass is 16.6. The number of carbonyl (C=O) groups excluding carboxylic acids is 3. The minimum absolute atomic E-state index is 0.116. The molecule has 3 amide bonds. The van der Waals surface area contributed by atoms with Crippen LogP contribution in [-0.2, 0) is 32.2 Å². The molecule has 0 saturated carbocycles. The van der Waals surface area contributed by atoms with Gasteiger partial charge < -0.3 is 36.3 Å². The van der Waals surface area contributed by atoms with E-state index in [4.69, 9.17) is 20.3 Å². The van der Waals surface area contributed by atoms with Crippen LogP contribution < -0.4 is 21.7 Å². The number of pyridine rings is 2. The summed E-state index contributed by atoms with van der Waals surface area (Å²) in [5, 5.41) is 15.3. The highest BCUT2D eigenvalue weighted by molar-refractivity contribution is 5.82. The van der Waals surface area contributed by atoms with Crippen LogP contribution in [0.2, 0.25) is 0 Å².